The number of ether oxygens (including phenoxy) is 7. The second kappa shape index (κ2) is 10.3. The lowest BCUT2D eigenvalue weighted by molar-refractivity contribution is -0.399. The van der Waals surface area contributed by atoms with Gasteiger partial charge in [0.05, 0.1) is 30.5 Å². The Morgan fingerprint density at radius 2 is 1.79 bits per heavy atom. The predicted molar refractivity (Wildman–Crippen MR) is 142 cm³/mol. The zero-order valence-corrected chi connectivity index (χ0v) is 25.0. The lowest BCUT2D eigenvalue weighted by Gasteiger charge is -2.72. The van der Waals surface area contributed by atoms with Gasteiger partial charge in [-0.2, -0.15) is 0 Å². The molecule has 5 rings (SSSR count). The maximum atomic E-state index is 13.4. The van der Waals surface area contributed by atoms with Crippen LogP contribution in [0.15, 0.2) is 24.0 Å². The van der Waals surface area contributed by atoms with Gasteiger partial charge in [-0.3, -0.25) is 14.4 Å². The molecule has 5 aliphatic rings. The maximum absolute atomic E-state index is 13.4. The van der Waals surface area contributed by atoms with Crippen molar-refractivity contribution in [2.24, 2.45) is 22.7 Å². The normalized spacial score (nSPS) is 41.6. The van der Waals surface area contributed by atoms with Gasteiger partial charge in [-0.05, 0) is 51.7 Å². The Kier molecular flexibility index (Phi) is 7.51. The number of hydrogen-bond donors (Lipinski definition) is 1. The van der Waals surface area contributed by atoms with Gasteiger partial charge in [0.15, 0.2) is 11.7 Å². The highest BCUT2D eigenvalue weighted by atomic mass is 16.7. The first-order chi connectivity index (χ1) is 19.6. The molecule has 1 N–H and O–H groups in total. The zero-order chi connectivity index (χ0) is 30.8. The molecular weight excluding hydrogens is 552 g/mol. The molecule has 10 atom stereocenters. The van der Waals surface area contributed by atoms with Crippen LogP contribution < -0.4 is 0 Å². The van der Waals surface area contributed by atoms with Gasteiger partial charge in [-0.15, -0.1) is 0 Å². The summed E-state index contributed by atoms with van der Waals surface area (Å²) < 4.78 is 40.9. The molecule has 2 aliphatic carbocycles. The van der Waals surface area contributed by atoms with Gasteiger partial charge in [-0.25, -0.2) is 4.79 Å². The summed E-state index contributed by atoms with van der Waals surface area (Å²) in [4.78, 5) is 49.6. The van der Waals surface area contributed by atoms with Gasteiger partial charge in [0.1, 0.15) is 12.7 Å². The highest BCUT2D eigenvalue weighted by molar-refractivity contribution is 5.82. The van der Waals surface area contributed by atoms with Crippen LogP contribution >= 0.6 is 0 Å². The standard InChI is InChI=1S/C30H40O12/c1-15-10-23(39-17(3)32)29-13-38-30(29,14-37-16(2)31)24(41-26(35)27(5,6)42-18(4)33)20(34)12-21(29)28(15,7)22-11-19-8-9-36-25(19)40-22/h8-10,19-25,34H,11-14H2,1-7H3/t19-,20?,21+,22?,23?,24?,25?,28-,29-,30-/m1/s1. The summed E-state index contributed by atoms with van der Waals surface area (Å²) in [7, 11) is 0. The number of hydrogen-bond acceptors (Lipinski definition) is 12. The molecular formula is C30H40O12. The summed E-state index contributed by atoms with van der Waals surface area (Å²) in [6, 6.07) is 0. The molecule has 12 nitrogen and oxygen atoms in total. The summed E-state index contributed by atoms with van der Waals surface area (Å²) in [6.07, 6.45) is 2.04. The van der Waals surface area contributed by atoms with Crippen molar-refractivity contribution in [3.8, 4) is 0 Å². The molecule has 3 aliphatic heterocycles. The minimum absolute atomic E-state index is 0.0657. The van der Waals surface area contributed by atoms with Crippen molar-refractivity contribution in [1.29, 1.82) is 0 Å². The van der Waals surface area contributed by atoms with E-state index in [1.165, 1.54) is 34.6 Å². The molecule has 0 radical (unpaired) electrons. The molecule has 0 bridgehead atoms. The van der Waals surface area contributed by atoms with Crippen LogP contribution in [0.3, 0.4) is 0 Å². The van der Waals surface area contributed by atoms with E-state index in [2.05, 4.69) is 6.92 Å². The van der Waals surface area contributed by atoms with E-state index in [-0.39, 0.29) is 31.7 Å². The quantitative estimate of drug-likeness (QED) is 0.262. The molecule has 232 valence electrons. The smallest absolute Gasteiger partial charge is 0.350 e. The van der Waals surface area contributed by atoms with Crippen molar-refractivity contribution < 1.29 is 57.4 Å². The van der Waals surface area contributed by atoms with Crippen molar-refractivity contribution in [3.63, 3.8) is 0 Å². The number of rotatable bonds is 7. The molecule has 1 spiro atoms. The molecule has 0 amide bonds. The van der Waals surface area contributed by atoms with Gasteiger partial charge in [-0.1, -0.05) is 12.5 Å². The van der Waals surface area contributed by atoms with E-state index >= 15 is 0 Å². The number of fused-ring (bicyclic) bond motifs is 1. The first kappa shape index (κ1) is 30.5. The fourth-order valence-electron chi connectivity index (χ4n) is 7.87. The highest BCUT2D eigenvalue weighted by Gasteiger charge is 2.81. The van der Waals surface area contributed by atoms with Crippen LogP contribution in [0, 0.1) is 22.7 Å². The molecule has 12 heteroatoms. The van der Waals surface area contributed by atoms with Crippen LogP contribution in [-0.4, -0.2) is 84.1 Å². The third-order valence-electron chi connectivity index (χ3n) is 10.00. The van der Waals surface area contributed by atoms with E-state index < -0.39 is 76.4 Å². The second-order valence-electron chi connectivity index (χ2n) is 12.8. The predicted octanol–water partition coefficient (Wildman–Crippen LogP) is 2.11. The highest BCUT2D eigenvalue weighted by Crippen LogP contribution is 2.70. The number of aliphatic hydroxyl groups excluding tert-OH is 1. The Morgan fingerprint density at radius 1 is 1.07 bits per heavy atom. The molecule has 0 aromatic heterocycles. The fourth-order valence-corrected chi connectivity index (χ4v) is 7.87. The second-order valence-corrected chi connectivity index (χ2v) is 12.8. The lowest BCUT2D eigenvalue weighted by Crippen LogP contribution is -2.84. The Balaban J connectivity index is 1.62. The zero-order valence-electron chi connectivity index (χ0n) is 25.0. The van der Waals surface area contributed by atoms with E-state index in [0.717, 1.165) is 5.57 Å². The third-order valence-corrected chi connectivity index (χ3v) is 10.00. The number of aliphatic hydroxyl groups is 1. The maximum Gasteiger partial charge on any atom is 0.350 e. The van der Waals surface area contributed by atoms with E-state index in [1.54, 1.807) is 6.26 Å². The van der Waals surface area contributed by atoms with Crippen molar-refractivity contribution >= 4 is 23.9 Å². The Bertz CT molecular complexity index is 1220. The van der Waals surface area contributed by atoms with Crippen LogP contribution in [0.1, 0.15) is 61.3 Å². The van der Waals surface area contributed by atoms with E-state index in [0.29, 0.717) is 6.42 Å². The Hall–Kier alpha value is -2.96. The Labute approximate surface area is 244 Å². The van der Waals surface area contributed by atoms with E-state index in [9.17, 15) is 24.3 Å². The molecule has 5 unspecified atom stereocenters. The van der Waals surface area contributed by atoms with Gasteiger partial charge in [0, 0.05) is 32.1 Å². The topological polar surface area (TPSA) is 153 Å². The van der Waals surface area contributed by atoms with Crippen LogP contribution in [0.25, 0.3) is 0 Å². The molecule has 0 aromatic carbocycles. The Morgan fingerprint density at radius 3 is 2.36 bits per heavy atom. The molecule has 2 saturated heterocycles. The monoisotopic (exact) mass is 592 g/mol. The fraction of sp³-hybridized carbons (Fsp3) is 0.733. The van der Waals surface area contributed by atoms with Crippen LogP contribution in [-0.2, 0) is 52.3 Å². The third kappa shape index (κ3) is 4.44. The molecule has 1 saturated carbocycles. The average Bonchev–Trinajstić information content (AvgIpc) is 3.47. The lowest BCUT2D eigenvalue weighted by atomic mass is 9.41. The summed E-state index contributed by atoms with van der Waals surface area (Å²) in [5, 5.41) is 11.7. The number of esters is 4. The minimum Gasteiger partial charge on any atom is -0.472 e. The van der Waals surface area contributed by atoms with Gasteiger partial charge >= 0.3 is 23.9 Å². The van der Waals surface area contributed by atoms with Crippen LogP contribution in [0.2, 0.25) is 0 Å². The van der Waals surface area contributed by atoms with Crippen molar-refractivity contribution in [3.05, 3.63) is 24.0 Å². The SMILES string of the molecule is CC(=O)OC[C@]12OC[C@@]13C(OC(C)=O)C=C(C)[C@@](C)(C1C[C@H]4C=COC4O1)[C@@H]3CC(O)C2OC(=O)C(C)(C)OC(C)=O. The summed E-state index contributed by atoms with van der Waals surface area (Å²) in [5.74, 6) is -3.11. The largest absolute Gasteiger partial charge is 0.472 e. The van der Waals surface area contributed by atoms with Crippen LogP contribution in [0.5, 0.6) is 0 Å². The van der Waals surface area contributed by atoms with Crippen molar-refractivity contribution in [1.82, 2.24) is 0 Å². The summed E-state index contributed by atoms with van der Waals surface area (Å²) in [5.41, 5.74) is -4.17. The number of carbonyl (C=O) groups is 4. The van der Waals surface area contributed by atoms with Crippen LogP contribution in [0.4, 0.5) is 0 Å². The van der Waals surface area contributed by atoms with E-state index in [1.807, 2.05) is 19.1 Å². The van der Waals surface area contributed by atoms with Gasteiger partial charge < -0.3 is 38.3 Å². The first-order valence-corrected chi connectivity index (χ1v) is 14.3. The first-order valence-electron chi connectivity index (χ1n) is 14.3. The average molecular weight is 593 g/mol. The molecule has 42 heavy (non-hydrogen) atoms. The molecule has 0 aromatic rings. The minimum atomic E-state index is -1.68. The molecule has 3 heterocycles. The van der Waals surface area contributed by atoms with E-state index in [4.69, 9.17) is 33.2 Å². The van der Waals surface area contributed by atoms with Gasteiger partial charge in [0.2, 0.25) is 11.9 Å². The van der Waals surface area contributed by atoms with Crippen molar-refractivity contribution in [2.75, 3.05) is 13.2 Å². The molecule has 3 fully saturated rings. The number of carbonyl (C=O) groups excluding carboxylic acids is 4. The van der Waals surface area contributed by atoms with Crippen molar-refractivity contribution in [2.45, 2.75) is 103 Å². The van der Waals surface area contributed by atoms with Gasteiger partial charge in [0.25, 0.3) is 0 Å². The summed E-state index contributed by atoms with van der Waals surface area (Å²) >= 11 is 0. The summed E-state index contributed by atoms with van der Waals surface area (Å²) in [6.45, 7) is 10.2.